The van der Waals surface area contributed by atoms with E-state index in [4.69, 9.17) is 5.73 Å². The van der Waals surface area contributed by atoms with Crippen molar-refractivity contribution in [2.75, 3.05) is 6.54 Å². The number of nitrogens with two attached hydrogens (primary N) is 1. The van der Waals surface area contributed by atoms with E-state index in [-0.39, 0.29) is 0 Å². The lowest BCUT2D eigenvalue weighted by Gasteiger charge is -1.99. The van der Waals surface area contributed by atoms with Crippen LogP contribution in [0, 0.1) is 0 Å². The van der Waals surface area contributed by atoms with Crippen LogP contribution in [0.5, 0.6) is 0 Å². The van der Waals surface area contributed by atoms with Crippen LogP contribution in [0.4, 0.5) is 0 Å². The zero-order chi connectivity index (χ0) is 8.81. The minimum Gasteiger partial charge on any atom is -0.370 e. The van der Waals surface area contributed by atoms with Crippen LogP contribution in [-0.4, -0.2) is 17.5 Å². The second kappa shape index (κ2) is 4.71. The third-order valence-corrected chi connectivity index (χ3v) is 1.99. The number of aliphatic imine (C=N–C) groups is 1. The number of rotatable bonds is 3. The summed E-state index contributed by atoms with van der Waals surface area (Å²) < 4.78 is 0. The Hall–Kier alpha value is -1.10. The molecule has 0 aliphatic heterocycles. The highest BCUT2D eigenvalue weighted by Gasteiger charge is 1.92. The molecule has 0 spiro atoms. The minimum absolute atomic E-state index is 0.479. The van der Waals surface area contributed by atoms with Gasteiger partial charge in [-0.25, -0.2) is 9.98 Å². The summed E-state index contributed by atoms with van der Waals surface area (Å²) in [6, 6.07) is 0. The molecule has 0 saturated heterocycles. The Kier molecular flexibility index (Phi) is 3.53. The standard InChI is InChI=1S/C7H12N4S/c1-2-9-7(8)11-5-6-10-3-4-12-6/h3-4H,2,5H2,1H3,(H3,8,9,11). The van der Waals surface area contributed by atoms with E-state index in [1.54, 1.807) is 17.5 Å². The van der Waals surface area contributed by atoms with Gasteiger partial charge < -0.3 is 11.1 Å². The monoisotopic (exact) mass is 184 g/mol. The van der Waals surface area contributed by atoms with Crippen LogP contribution in [-0.2, 0) is 6.54 Å². The first-order valence-corrected chi connectivity index (χ1v) is 4.63. The Balaban J connectivity index is 2.38. The molecule has 0 fully saturated rings. The largest absolute Gasteiger partial charge is 0.370 e. The third-order valence-electron chi connectivity index (χ3n) is 1.23. The first-order chi connectivity index (χ1) is 5.83. The van der Waals surface area contributed by atoms with Gasteiger partial charge in [0.25, 0.3) is 0 Å². The molecule has 1 aromatic rings. The third kappa shape index (κ3) is 2.87. The second-order valence-electron chi connectivity index (χ2n) is 2.16. The van der Waals surface area contributed by atoms with Crippen LogP contribution in [0.1, 0.15) is 11.9 Å². The molecular formula is C7H12N4S. The highest BCUT2D eigenvalue weighted by atomic mass is 32.1. The van der Waals surface area contributed by atoms with Gasteiger partial charge >= 0.3 is 0 Å². The maximum atomic E-state index is 5.52. The molecule has 0 atom stereocenters. The first-order valence-electron chi connectivity index (χ1n) is 3.75. The molecular weight excluding hydrogens is 172 g/mol. The van der Waals surface area contributed by atoms with Gasteiger partial charge in [0, 0.05) is 18.1 Å². The predicted octanol–water partition coefficient (Wildman–Crippen LogP) is 0.567. The molecule has 0 bridgehead atoms. The molecule has 3 N–H and O–H groups in total. The van der Waals surface area contributed by atoms with Gasteiger partial charge in [-0.15, -0.1) is 11.3 Å². The van der Waals surface area contributed by atoms with Crippen molar-refractivity contribution in [3.05, 3.63) is 16.6 Å². The maximum Gasteiger partial charge on any atom is 0.188 e. The zero-order valence-electron chi connectivity index (χ0n) is 6.95. The zero-order valence-corrected chi connectivity index (χ0v) is 7.77. The molecule has 0 unspecified atom stereocenters. The van der Waals surface area contributed by atoms with Crippen LogP contribution < -0.4 is 11.1 Å². The maximum absolute atomic E-state index is 5.52. The molecule has 0 amide bonds. The van der Waals surface area contributed by atoms with Crippen molar-refractivity contribution in [1.29, 1.82) is 0 Å². The second-order valence-corrected chi connectivity index (χ2v) is 3.14. The van der Waals surface area contributed by atoms with Gasteiger partial charge in [0.1, 0.15) is 5.01 Å². The molecule has 66 valence electrons. The number of nitrogens with one attached hydrogen (secondary N) is 1. The number of thiazole rings is 1. The summed E-state index contributed by atoms with van der Waals surface area (Å²) in [6.07, 6.45) is 1.76. The molecule has 0 aromatic carbocycles. The fourth-order valence-electron chi connectivity index (χ4n) is 0.721. The van der Waals surface area contributed by atoms with Gasteiger partial charge in [0.05, 0.1) is 6.54 Å². The van der Waals surface area contributed by atoms with E-state index in [0.29, 0.717) is 12.5 Å². The lowest BCUT2D eigenvalue weighted by atomic mass is 10.7. The van der Waals surface area contributed by atoms with Gasteiger partial charge in [0.2, 0.25) is 0 Å². The van der Waals surface area contributed by atoms with Crippen LogP contribution in [0.15, 0.2) is 16.6 Å². The smallest absolute Gasteiger partial charge is 0.188 e. The van der Waals surface area contributed by atoms with E-state index in [1.807, 2.05) is 12.3 Å². The first kappa shape index (κ1) is 8.99. The summed E-state index contributed by atoms with van der Waals surface area (Å²) in [5, 5.41) is 5.82. The van der Waals surface area contributed by atoms with Crippen molar-refractivity contribution in [3.8, 4) is 0 Å². The minimum atomic E-state index is 0.479. The topological polar surface area (TPSA) is 63.3 Å². The number of aromatic nitrogens is 1. The van der Waals surface area contributed by atoms with Gasteiger partial charge in [-0.2, -0.15) is 0 Å². The van der Waals surface area contributed by atoms with E-state index in [1.165, 1.54) is 0 Å². The van der Waals surface area contributed by atoms with E-state index in [2.05, 4.69) is 15.3 Å². The summed E-state index contributed by atoms with van der Waals surface area (Å²) in [5.74, 6) is 0.479. The molecule has 1 rings (SSSR count). The average molecular weight is 184 g/mol. The molecule has 0 aliphatic carbocycles. The molecule has 5 heteroatoms. The SMILES string of the molecule is CCNC(N)=NCc1nccs1. The fourth-order valence-corrected chi connectivity index (χ4v) is 1.26. The number of guanidine groups is 1. The van der Waals surface area contributed by atoms with Crippen LogP contribution in [0.2, 0.25) is 0 Å². The molecule has 0 radical (unpaired) electrons. The molecule has 0 aliphatic rings. The van der Waals surface area contributed by atoms with Crippen molar-refractivity contribution in [2.45, 2.75) is 13.5 Å². The summed E-state index contributed by atoms with van der Waals surface area (Å²) in [6.45, 7) is 3.34. The number of hydrogen-bond acceptors (Lipinski definition) is 3. The Morgan fingerprint density at radius 1 is 1.83 bits per heavy atom. The Bertz CT molecular complexity index is 242. The van der Waals surface area contributed by atoms with E-state index >= 15 is 0 Å². The Labute approximate surface area is 75.5 Å². The highest BCUT2D eigenvalue weighted by Crippen LogP contribution is 2.04. The van der Waals surface area contributed by atoms with Crippen molar-refractivity contribution in [3.63, 3.8) is 0 Å². The van der Waals surface area contributed by atoms with Gasteiger partial charge in [-0.05, 0) is 6.92 Å². The Morgan fingerprint density at radius 3 is 3.25 bits per heavy atom. The Morgan fingerprint density at radius 2 is 2.67 bits per heavy atom. The van der Waals surface area contributed by atoms with Crippen LogP contribution >= 0.6 is 11.3 Å². The molecule has 0 saturated carbocycles. The van der Waals surface area contributed by atoms with Crippen molar-refractivity contribution in [2.24, 2.45) is 10.7 Å². The summed E-state index contributed by atoms with van der Waals surface area (Å²) in [4.78, 5) is 8.16. The van der Waals surface area contributed by atoms with Gasteiger partial charge in [-0.1, -0.05) is 0 Å². The van der Waals surface area contributed by atoms with E-state index in [0.717, 1.165) is 11.6 Å². The summed E-state index contributed by atoms with van der Waals surface area (Å²) in [5.41, 5.74) is 5.52. The normalized spacial score (nSPS) is 11.6. The summed E-state index contributed by atoms with van der Waals surface area (Å²) in [7, 11) is 0. The molecule has 1 heterocycles. The van der Waals surface area contributed by atoms with Crippen LogP contribution in [0.3, 0.4) is 0 Å². The quantitative estimate of drug-likeness (QED) is 0.533. The highest BCUT2D eigenvalue weighted by molar-refractivity contribution is 7.09. The number of nitrogens with zero attached hydrogens (tertiary/aromatic N) is 2. The molecule has 4 nitrogen and oxygen atoms in total. The van der Waals surface area contributed by atoms with Gasteiger partial charge in [0.15, 0.2) is 5.96 Å². The fraction of sp³-hybridized carbons (Fsp3) is 0.429. The average Bonchev–Trinajstić information content (AvgIpc) is 2.53. The summed E-state index contributed by atoms with van der Waals surface area (Å²) >= 11 is 1.58. The van der Waals surface area contributed by atoms with Gasteiger partial charge in [-0.3, -0.25) is 0 Å². The van der Waals surface area contributed by atoms with E-state index < -0.39 is 0 Å². The van der Waals surface area contributed by atoms with E-state index in [9.17, 15) is 0 Å². The lowest BCUT2D eigenvalue weighted by Crippen LogP contribution is -2.31. The van der Waals surface area contributed by atoms with Crippen molar-refractivity contribution >= 4 is 17.3 Å². The van der Waals surface area contributed by atoms with Crippen molar-refractivity contribution in [1.82, 2.24) is 10.3 Å². The number of hydrogen-bond donors (Lipinski definition) is 2. The predicted molar refractivity (Wildman–Crippen MR) is 51.1 cm³/mol. The molecule has 1 aromatic heterocycles. The van der Waals surface area contributed by atoms with Crippen LogP contribution in [0.25, 0.3) is 0 Å². The lowest BCUT2D eigenvalue weighted by molar-refractivity contribution is 0.921. The molecule has 12 heavy (non-hydrogen) atoms. The van der Waals surface area contributed by atoms with Crippen molar-refractivity contribution < 1.29 is 0 Å².